The summed E-state index contributed by atoms with van der Waals surface area (Å²) in [4.78, 5) is 35.6. The molecular formula is C18H16FN3O5. The van der Waals surface area contributed by atoms with E-state index in [0.717, 1.165) is 7.11 Å². The SMILES string of the molecule is COC(=O)c1c(C)oc(NC(=O)CCC(=O)Nc2ccc(F)cc2)c1C#N. The molecule has 0 saturated heterocycles. The Kier molecular flexibility index (Phi) is 6.27. The summed E-state index contributed by atoms with van der Waals surface area (Å²) >= 11 is 0. The molecule has 0 saturated carbocycles. The van der Waals surface area contributed by atoms with Crippen molar-refractivity contribution in [3.05, 3.63) is 47.0 Å². The zero-order valence-electron chi connectivity index (χ0n) is 14.6. The molecule has 1 aromatic carbocycles. The number of hydrogen-bond acceptors (Lipinski definition) is 6. The van der Waals surface area contributed by atoms with Crippen LogP contribution in [0.4, 0.5) is 16.0 Å². The van der Waals surface area contributed by atoms with Gasteiger partial charge in [-0.1, -0.05) is 0 Å². The largest absolute Gasteiger partial charge is 0.465 e. The fraction of sp³-hybridized carbons (Fsp3) is 0.222. The van der Waals surface area contributed by atoms with Crippen LogP contribution in [0.1, 0.15) is 34.5 Å². The highest BCUT2D eigenvalue weighted by Crippen LogP contribution is 2.27. The molecule has 0 radical (unpaired) electrons. The first-order valence-corrected chi connectivity index (χ1v) is 7.82. The second kappa shape index (κ2) is 8.62. The summed E-state index contributed by atoms with van der Waals surface area (Å²) in [6.07, 6.45) is -0.333. The molecule has 2 amide bonds. The van der Waals surface area contributed by atoms with Crippen molar-refractivity contribution in [1.29, 1.82) is 5.26 Å². The molecule has 2 aromatic rings. The van der Waals surface area contributed by atoms with Gasteiger partial charge < -0.3 is 14.5 Å². The first-order chi connectivity index (χ1) is 12.8. The summed E-state index contributed by atoms with van der Waals surface area (Å²) in [5.41, 5.74) is 0.186. The minimum atomic E-state index is -0.757. The quantitative estimate of drug-likeness (QED) is 0.751. The number of halogens is 1. The Bertz CT molecular complexity index is 912. The van der Waals surface area contributed by atoms with Crippen molar-refractivity contribution in [2.45, 2.75) is 19.8 Å². The molecule has 0 bridgehead atoms. The van der Waals surface area contributed by atoms with Crippen molar-refractivity contribution in [2.24, 2.45) is 0 Å². The van der Waals surface area contributed by atoms with Gasteiger partial charge >= 0.3 is 5.97 Å². The minimum Gasteiger partial charge on any atom is -0.465 e. The third kappa shape index (κ3) is 4.92. The maximum atomic E-state index is 12.8. The van der Waals surface area contributed by atoms with Gasteiger partial charge in [0, 0.05) is 18.5 Å². The number of benzene rings is 1. The molecule has 0 spiro atoms. The summed E-state index contributed by atoms with van der Waals surface area (Å²) in [6.45, 7) is 1.46. The number of nitrogens with zero attached hydrogens (tertiary/aromatic N) is 1. The van der Waals surface area contributed by atoms with Gasteiger partial charge in [-0.3, -0.25) is 14.9 Å². The van der Waals surface area contributed by atoms with E-state index in [0.29, 0.717) is 5.69 Å². The summed E-state index contributed by atoms with van der Waals surface area (Å²) in [6, 6.07) is 6.98. The van der Waals surface area contributed by atoms with Crippen LogP contribution in [0.25, 0.3) is 0 Å². The van der Waals surface area contributed by atoms with Crippen LogP contribution < -0.4 is 10.6 Å². The number of carbonyl (C=O) groups excluding carboxylic acids is 3. The fourth-order valence-corrected chi connectivity index (χ4v) is 2.26. The molecule has 9 heteroatoms. The summed E-state index contributed by atoms with van der Waals surface area (Å²) < 4.78 is 22.7. The van der Waals surface area contributed by atoms with E-state index in [1.807, 2.05) is 0 Å². The number of nitriles is 1. The van der Waals surface area contributed by atoms with Gasteiger partial charge in [0.1, 0.15) is 28.8 Å². The average Bonchev–Trinajstić information content (AvgIpc) is 2.96. The van der Waals surface area contributed by atoms with E-state index in [1.54, 1.807) is 6.07 Å². The van der Waals surface area contributed by atoms with Crippen LogP contribution >= 0.6 is 0 Å². The van der Waals surface area contributed by atoms with Gasteiger partial charge in [0.05, 0.1) is 7.11 Å². The van der Waals surface area contributed by atoms with Gasteiger partial charge in [-0.25, -0.2) is 9.18 Å². The molecule has 0 atom stereocenters. The molecule has 0 fully saturated rings. The maximum absolute atomic E-state index is 12.8. The first-order valence-electron chi connectivity index (χ1n) is 7.82. The van der Waals surface area contributed by atoms with Crippen molar-refractivity contribution < 1.29 is 27.9 Å². The predicted molar refractivity (Wildman–Crippen MR) is 92.4 cm³/mol. The minimum absolute atomic E-state index is 0.0654. The number of anilines is 2. The molecule has 1 heterocycles. The number of amides is 2. The Morgan fingerprint density at radius 1 is 1.15 bits per heavy atom. The van der Waals surface area contributed by atoms with E-state index >= 15 is 0 Å². The lowest BCUT2D eigenvalue weighted by atomic mass is 10.1. The van der Waals surface area contributed by atoms with Crippen molar-refractivity contribution in [1.82, 2.24) is 0 Å². The zero-order valence-corrected chi connectivity index (χ0v) is 14.6. The van der Waals surface area contributed by atoms with Gasteiger partial charge in [-0.05, 0) is 31.2 Å². The van der Waals surface area contributed by atoms with E-state index in [9.17, 15) is 24.0 Å². The molecule has 140 valence electrons. The van der Waals surface area contributed by atoms with Crippen LogP contribution in [-0.4, -0.2) is 24.9 Å². The number of rotatable bonds is 6. The average molecular weight is 373 g/mol. The van der Waals surface area contributed by atoms with E-state index < -0.39 is 23.6 Å². The third-order valence-corrected chi connectivity index (χ3v) is 3.55. The van der Waals surface area contributed by atoms with Gasteiger partial charge in [-0.15, -0.1) is 0 Å². The summed E-state index contributed by atoms with van der Waals surface area (Å²) in [5.74, 6) is -2.26. The molecule has 2 rings (SSSR count). The van der Waals surface area contributed by atoms with Crippen LogP contribution in [0.2, 0.25) is 0 Å². The number of methoxy groups -OCH3 is 1. The number of ether oxygens (including phenoxy) is 1. The number of nitrogens with one attached hydrogen (secondary N) is 2. The second-order valence-corrected chi connectivity index (χ2v) is 5.44. The zero-order chi connectivity index (χ0) is 20.0. The Morgan fingerprint density at radius 2 is 1.74 bits per heavy atom. The van der Waals surface area contributed by atoms with Crippen molar-refractivity contribution in [3.63, 3.8) is 0 Å². The maximum Gasteiger partial charge on any atom is 0.342 e. The lowest BCUT2D eigenvalue weighted by molar-refractivity contribution is -0.121. The first kappa shape index (κ1) is 19.7. The lowest BCUT2D eigenvalue weighted by Gasteiger charge is -2.05. The number of carbonyl (C=O) groups is 3. The molecule has 1 aromatic heterocycles. The Labute approximate surface area is 153 Å². The van der Waals surface area contributed by atoms with Gasteiger partial charge in [0.15, 0.2) is 0 Å². The van der Waals surface area contributed by atoms with Crippen LogP contribution in [0.15, 0.2) is 28.7 Å². The topological polar surface area (TPSA) is 121 Å². The molecule has 0 unspecified atom stereocenters. The van der Waals surface area contributed by atoms with E-state index in [1.165, 1.54) is 31.2 Å². The van der Waals surface area contributed by atoms with Gasteiger partial charge in [0.25, 0.3) is 0 Å². The standard InChI is InChI=1S/C18H16FN3O5/c1-10-16(18(25)26-2)13(9-20)17(27-10)22-15(24)8-7-14(23)21-12-5-3-11(19)4-6-12/h3-6H,7-8H2,1-2H3,(H,21,23)(H,22,24). The molecule has 0 aliphatic carbocycles. The molecule has 0 aliphatic heterocycles. The van der Waals surface area contributed by atoms with Crippen LogP contribution in [-0.2, 0) is 14.3 Å². The normalized spacial score (nSPS) is 10.0. The van der Waals surface area contributed by atoms with Crippen LogP contribution in [0.5, 0.6) is 0 Å². The highest BCUT2D eigenvalue weighted by molar-refractivity contribution is 5.99. The van der Waals surface area contributed by atoms with Crippen LogP contribution in [0, 0.1) is 24.1 Å². The Balaban J connectivity index is 1.96. The van der Waals surface area contributed by atoms with Gasteiger partial charge in [-0.2, -0.15) is 5.26 Å². The highest BCUT2D eigenvalue weighted by atomic mass is 19.1. The van der Waals surface area contributed by atoms with Crippen LogP contribution in [0.3, 0.4) is 0 Å². The molecular weight excluding hydrogens is 357 g/mol. The molecule has 27 heavy (non-hydrogen) atoms. The van der Waals surface area contributed by atoms with E-state index in [2.05, 4.69) is 15.4 Å². The number of furan rings is 1. The summed E-state index contributed by atoms with van der Waals surface area (Å²) in [7, 11) is 1.16. The van der Waals surface area contributed by atoms with E-state index in [-0.39, 0.29) is 35.6 Å². The number of aryl methyl sites for hydroxylation is 1. The number of hydrogen-bond donors (Lipinski definition) is 2. The van der Waals surface area contributed by atoms with Crippen molar-refractivity contribution in [2.75, 3.05) is 17.7 Å². The van der Waals surface area contributed by atoms with Gasteiger partial charge in [0.2, 0.25) is 17.7 Å². The monoisotopic (exact) mass is 373 g/mol. The number of esters is 1. The molecule has 8 nitrogen and oxygen atoms in total. The molecule has 2 N–H and O–H groups in total. The van der Waals surface area contributed by atoms with Crippen molar-refractivity contribution >= 4 is 29.4 Å². The Morgan fingerprint density at radius 3 is 2.30 bits per heavy atom. The second-order valence-electron chi connectivity index (χ2n) is 5.44. The predicted octanol–water partition coefficient (Wildman–Crippen LogP) is 2.74. The lowest BCUT2D eigenvalue weighted by Crippen LogP contribution is -2.17. The summed E-state index contributed by atoms with van der Waals surface area (Å²) in [5, 5.41) is 14.1. The highest BCUT2D eigenvalue weighted by Gasteiger charge is 2.25. The molecule has 0 aliphatic rings. The fourth-order valence-electron chi connectivity index (χ4n) is 2.26. The van der Waals surface area contributed by atoms with Crippen molar-refractivity contribution in [3.8, 4) is 6.07 Å². The Hall–Kier alpha value is -3.67. The van der Waals surface area contributed by atoms with E-state index in [4.69, 9.17) is 4.42 Å². The smallest absolute Gasteiger partial charge is 0.342 e. The third-order valence-electron chi connectivity index (χ3n) is 3.55.